The Morgan fingerprint density at radius 2 is 2.32 bits per heavy atom. The van der Waals surface area contributed by atoms with E-state index >= 15 is 0 Å². The Kier molecular flexibility index (Phi) is 7.41. The Hall–Kier alpha value is -0.590. The van der Waals surface area contributed by atoms with Gasteiger partial charge < -0.3 is 14.9 Å². The molecule has 0 bridgehead atoms. The van der Waals surface area contributed by atoms with Gasteiger partial charge >= 0.3 is 5.97 Å². The number of carbonyl (C=O) groups is 2. The van der Waals surface area contributed by atoms with E-state index in [1.54, 1.807) is 0 Å². The van der Waals surface area contributed by atoms with Gasteiger partial charge in [-0.1, -0.05) is 0 Å². The quantitative estimate of drug-likeness (QED) is 0.669. The summed E-state index contributed by atoms with van der Waals surface area (Å²) in [6.07, 6.45) is 1.60. The predicted octanol–water partition coefficient (Wildman–Crippen LogP) is 0.621. The molecule has 0 heterocycles. The van der Waals surface area contributed by atoms with Crippen LogP contribution in [0.4, 0.5) is 0 Å². The van der Waals surface area contributed by atoms with Gasteiger partial charge in [-0.3, -0.25) is 9.59 Å². The zero-order valence-corrected chi connectivity index (χ0v) is 12.0. The Bertz CT molecular complexity index is 307. The summed E-state index contributed by atoms with van der Waals surface area (Å²) < 4.78 is 5.02. The van der Waals surface area contributed by atoms with Crippen LogP contribution in [0.2, 0.25) is 0 Å². The fourth-order valence-electron chi connectivity index (χ4n) is 2.22. The molecule has 1 fully saturated rings. The molecule has 0 aromatic carbocycles. The predicted molar refractivity (Wildman–Crippen MR) is 72.9 cm³/mol. The lowest BCUT2D eigenvalue weighted by atomic mass is 9.80. The molecule has 110 valence electrons. The van der Waals surface area contributed by atoms with Crippen LogP contribution in [0.5, 0.6) is 0 Å². The molecule has 1 rings (SSSR count). The first-order valence-corrected chi connectivity index (χ1v) is 7.72. The van der Waals surface area contributed by atoms with Gasteiger partial charge in [0.1, 0.15) is 5.78 Å². The number of esters is 1. The highest BCUT2D eigenvalue weighted by atomic mass is 32.2. The van der Waals surface area contributed by atoms with E-state index in [0.717, 1.165) is 12.8 Å². The van der Waals surface area contributed by atoms with Gasteiger partial charge in [0.05, 0.1) is 19.3 Å². The van der Waals surface area contributed by atoms with E-state index in [-0.39, 0.29) is 30.2 Å². The maximum atomic E-state index is 11.9. The number of rotatable bonds is 7. The Labute approximate surface area is 117 Å². The third-order valence-corrected chi connectivity index (χ3v) is 4.52. The van der Waals surface area contributed by atoms with Gasteiger partial charge in [0.25, 0.3) is 0 Å². The lowest BCUT2D eigenvalue weighted by Crippen LogP contribution is -2.34. The third kappa shape index (κ3) is 5.93. The van der Waals surface area contributed by atoms with Gasteiger partial charge in [0.15, 0.2) is 0 Å². The van der Waals surface area contributed by atoms with Crippen molar-refractivity contribution in [2.24, 2.45) is 11.8 Å². The molecule has 0 amide bonds. The molecule has 0 aromatic rings. The first-order valence-electron chi connectivity index (χ1n) is 6.57. The van der Waals surface area contributed by atoms with E-state index in [2.05, 4.69) is 0 Å². The normalized spacial score (nSPS) is 25.1. The van der Waals surface area contributed by atoms with Gasteiger partial charge in [-0.2, -0.15) is 11.8 Å². The number of hydrogen-bond acceptors (Lipinski definition) is 6. The maximum Gasteiger partial charge on any atom is 0.302 e. The monoisotopic (exact) mass is 290 g/mol. The number of ketones is 1. The highest BCUT2D eigenvalue weighted by Gasteiger charge is 2.32. The van der Waals surface area contributed by atoms with E-state index in [9.17, 15) is 14.7 Å². The number of thioether (sulfide) groups is 1. The van der Waals surface area contributed by atoms with Gasteiger partial charge in [-0.15, -0.1) is 0 Å². The highest BCUT2D eigenvalue weighted by molar-refractivity contribution is 7.99. The van der Waals surface area contributed by atoms with Gasteiger partial charge in [-0.25, -0.2) is 0 Å². The van der Waals surface area contributed by atoms with Crippen molar-refractivity contribution >= 4 is 23.5 Å². The molecule has 0 spiro atoms. The summed E-state index contributed by atoms with van der Waals surface area (Å²) in [5, 5.41) is 18.0. The average Bonchev–Trinajstić information content (AvgIpc) is 2.38. The largest absolute Gasteiger partial charge is 0.466 e. The number of aliphatic hydroxyl groups is 2. The van der Waals surface area contributed by atoms with Crippen LogP contribution < -0.4 is 0 Å². The zero-order valence-electron chi connectivity index (χ0n) is 11.2. The molecule has 0 aromatic heterocycles. The van der Waals surface area contributed by atoms with Crippen LogP contribution in [0.3, 0.4) is 0 Å². The molecule has 5 nitrogen and oxygen atoms in total. The molecule has 0 radical (unpaired) electrons. The first-order chi connectivity index (χ1) is 9.04. The summed E-state index contributed by atoms with van der Waals surface area (Å²) in [6, 6.07) is 0. The zero-order chi connectivity index (χ0) is 14.3. The molecular formula is C13H22O5S. The number of carbonyl (C=O) groups excluding carboxylic acids is 2. The second-order valence-corrected chi connectivity index (χ2v) is 5.98. The molecule has 19 heavy (non-hydrogen) atoms. The number of hydrogen-bond donors (Lipinski definition) is 2. The molecule has 1 aliphatic carbocycles. The first kappa shape index (κ1) is 16.5. The van der Waals surface area contributed by atoms with Crippen molar-refractivity contribution in [1.29, 1.82) is 0 Å². The molecule has 1 saturated carbocycles. The van der Waals surface area contributed by atoms with E-state index < -0.39 is 6.10 Å². The van der Waals surface area contributed by atoms with Crippen LogP contribution in [0.25, 0.3) is 0 Å². The Morgan fingerprint density at radius 3 is 2.95 bits per heavy atom. The van der Waals surface area contributed by atoms with E-state index in [1.807, 2.05) is 0 Å². The molecule has 0 saturated heterocycles. The lowest BCUT2D eigenvalue weighted by molar-refractivity contribution is -0.144. The van der Waals surface area contributed by atoms with Crippen molar-refractivity contribution < 1.29 is 24.5 Å². The Balaban J connectivity index is 2.43. The second kappa shape index (κ2) is 8.55. The van der Waals surface area contributed by atoms with E-state index in [1.165, 1.54) is 18.7 Å². The molecule has 2 N–H and O–H groups in total. The Morgan fingerprint density at radius 1 is 1.58 bits per heavy atom. The van der Waals surface area contributed by atoms with Crippen molar-refractivity contribution in [2.45, 2.75) is 32.3 Å². The summed E-state index contributed by atoms with van der Waals surface area (Å²) in [4.78, 5) is 22.8. The molecule has 1 aliphatic rings. The summed E-state index contributed by atoms with van der Waals surface area (Å²) >= 11 is 1.46. The van der Waals surface area contributed by atoms with E-state index in [4.69, 9.17) is 9.84 Å². The minimum atomic E-state index is -0.740. The van der Waals surface area contributed by atoms with E-state index in [0.29, 0.717) is 24.5 Å². The molecule has 3 atom stereocenters. The number of aliphatic hydroxyl groups excluding tert-OH is 2. The fourth-order valence-corrected chi connectivity index (χ4v) is 3.45. The minimum Gasteiger partial charge on any atom is -0.466 e. The van der Waals surface area contributed by atoms with Gasteiger partial charge in [0.2, 0.25) is 0 Å². The molecule has 3 unspecified atom stereocenters. The molecule has 0 aliphatic heterocycles. The van der Waals surface area contributed by atoms with Crippen molar-refractivity contribution in [3.63, 3.8) is 0 Å². The SMILES string of the molecule is CC(=O)OCC1CCCC(=O)C1CSCC(O)CO. The van der Waals surface area contributed by atoms with Crippen LogP contribution in [-0.4, -0.2) is 52.8 Å². The smallest absolute Gasteiger partial charge is 0.302 e. The summed E-state index contributed by atoms with van der Waals surface area (Å²) in [6.45, 7) is 1.41. The van der Waals surface area contributed by atoms with Crippen molar-refractivity contribution in [1.82, 2.24) is 0 Å². The van der Waals surface area contributed by atoms with Gasteiger partial charge in [0, 0.05) is 36.7 Å². The minimum absolute atomic E-state index is 0.0870. The standard InChI is InChI=1S/C13H22O5S/c1-9(15)18-6-10-3-2-4-13(17)12(10)8-19-7-11(16)5-14/h10-12,14,16H,2-8H2,1H3. The van der Waals surface area contributed by atoms with Crippen LogP contribution in [0, 0.1) is 11.8 Å². The summed E-state index contributed by atoms with van der Waals surface area (Å²) in [5.41, 5.74) is 0. The molecular weight excluding hydrogens is 268 g/mol. The fraction of sp³-hybridized carbons (Fsp3) is 0.846. The number of ether oxygens (including phenoxy) is 1. The van der Waals surface area contributed by atoms with Crippen LogP contribution in [0.1, 0.15) is 26.2 Å². The van der Waals surface area contributed by atoms with Crippen molar-refractivity contribution in [3.05, 3.63) is 0 Å². The topological polar surface area (TPSA) is 83.8 Å². The third-order valence-electron chi connectivity index (χ3n) is 3.30. The summed E-state index contributed by atoms with van der Waals surface area (Å²) in [5.74, 6) is 0.907. The average molecular weight is 290 g/mol. The van der Waals surface area contributed by atoms with Crippen LogP contribution in [-0.2, 0) is 14.3 Å². The number of Topliss-reactive ketones (excluding diaryl/α,β-unsaturated/α-hetero) is 1. The van der Waals surface area contributed by atoms with Crippen molar-refractivity contribution in [2.75, 3.05) is 24.7 Å². The van der Waals surface area contributed by atoms with Crippen molar-refractivity contribution in [3.8, 4) is 0 Å². The lowest BCUT2D eigenvalue weighted by Gasteiger charge is -2.29. The summed E-state index contributed by atoms with van der Waals surface area (Å²) in [7, 11) is 0. The highest BCUT2D eigenvalue weighted by Crippen LogP contribution is 2.30. The second-order valence-electron chi connectivity index (χ2n) is 4.90. The maximum absolute atomic E-state index is 11.9. The van der Waals surface area contributed by atoms with Crippen LogP contribution in [0.15, 0.2) is 0 Å². The van der Waals surface area contributed by atoms with Gasteiger partial charge in [-0.05, 0) is 12.8 Å². The van der Waals surface area contributed by atoms with Crippen LogP contribution >= 0.6 is 11.8 Å². The molecule has 6 heteroatoms.